The van der Waals surface area contributed by atoms with E-state index in [1.807, 2.05) is 25.7 Å². The van der Waals surface area contributed by atoms with Gasteiger partial charge in [0.25, 0.3) is 0 Å². The predicted octanol–water partition coefficient (Wildman–Crippen LogP) is 2.66. The van der Waals surface area contributed by atoms with Crippen molar-refractivity contribution in [3.8, 4) is 0 Å². The van der Waals surface area contributed by atoms with Crippen molar-refractivity contribution < 1.29 is 19.1 Å². The molecule has 0 unspecified atom stereocenters. The average molecular weight is 340 g/mol. The number of rotatable bonds is 4. The van der Waals surface area contributed by atoms with Crippen LogP contribution in [-0.4, -0.2) is 66.8 Å². The summed E-state index contributed by atoms with van der Waals surface area (Å²) in [7, 11) is 0. The van der Waals surface area contributed by atoms with Crippen molar-refractivity contribution in [2.24, 2.45) is 5.41 Å². The quantitative estimate of drug-likeness (QED) is 0.738. The second-order valence-corrected chi connectivity index (χ2v) is 7.48. The average Bonchev–Trinajstić information content (AvgIpc) is 2.54. The third-order valence-electron chi connectivity index (χ3n) is 5.07. The number of morpholine rings is 1. The smallest absolute Gasteiger partial charge is 0.409 e. The van der Waals surface area contributed by atoms with Crippen molar-refractivity contribution in [1.29, 1.82) is 0 Å². The molecule has 2 heterocycles. The number of nitrogens with zero attached hydrogens (tertiary/aromatic N) is 2. The lowest BCUT2D eigenvalue weighted by atomic mass is 9.79. The minimum atomic E-state index is -0.392. The monoisotopic (exact) mass is 340 g/mol. The number of amides is 2. The third kappa shape index (κ3) is 4.62. The zero-order chi connectivity index (χ0) is 17.7. The van der Waals surface area contributed by atoms with Crippen LogP contribution in [0.1, 0.15) is 53.4 Å². The SMILES string of the molecule is CCCCOC(=O)N1CCC(C)(C(=O)N2C[C@@H](C)O[C@@H](C)C2)CC1. The molecule has 2 amide bonds. The summed E-state index contributed by atoms with van der Waals surface area (Å²) in [5.41, 5.74) is -0.392. The van der Waals surface area contributed by atoms with Crippen molar-refractivity contribution in [2.45, 2.75) is 65.6 Å². The summed E-state index contributed by atoms with van der Waals surface area (Å²) in [6.45, 7) is 11.1. The van der Waals surface area contributed by atoms with E-state index in [4.69, 9.17) is 9.47 Å². The summed E-state index contributed by atoms with van der Waals surface area (Å²) >= 11 is 0. The van der Waals surface area contributed by atoms with Gasteiger partial charge >= 0.3 is 6.09 Å². The van der Waals surface area contributed by atoms with E-state index in [0.29, 0.717) is 45.6 Å². The van der Waals surface area contributed by atoms with Crippen LogP contribution in [0.25, 0.3) is 0 Å². The zero-order valence-corrected chi connectivity index (χ0v) is 15.5. The Hall–Kier alpha value is -1.30. The molecule has 2 atom stereocenters. The van der Waals surface area contributed by atoms with Gasteiger partial charge in [-0.2, -0.15) is 0 Å². The number of hydrogen-bond donors (Lipinski definition) is 0. The highest BCUT2D eigenvalue weighted by molar-refractivity contribution is 5.83. The Kier molecular flexibility index (Phi) is 6.49. The standard InChI is InChI=1S/C18H32N2O4/c1-5-6-11-23-17(22)19-9-7-18(4,8-10-19)16(21)20-12-14(2)24-15(3)13-20/h14-15H,5-13H2,1-4H3/t14-,15+. The number of unbranched alkanes of at least 4 members (excludes halogenated alkanes) is 1. The summed E-state index contributed by atoms with van der Waals surface area (Å²) in [4.78, 5) is 28.7. The molecule has 0 bridgehead atoms. The molecule has 0 radical (unpaired) electrons. The maximum Gasteiger partial charge on any atom is 0.409 e. The number of piperidine rings is 1. The summed E-state index contributed by atoms with van der Waals surface area (Å²) in [5.74, 6) is 0.198. The molecular weight excluding hydrogens is 308 g/mol. The van der Waals surface area contributed by atoms with Crippen LogP contribution >= 0.6 is 0 Å². The van der Waals surface area contributed by atoms with Gasteiger partial charge in [-0.1, -0.05) is 20.3 Å². The van der Waals surface area contributed by atoms with Crippen molar-refractivity contribution in [3.63, 3.8) is 0 Å². The van der Waals surface area contributed by atoms with Gasteiger partial charge in [0.1, 0.15) is 0 Å². The van der Waals surface area contributed by atoms with E-state index in [0.717, 1.165) is 12.8 Å². The first-order valence-corrected chi connectivity index (χ1v) is 9.22. The maximum atomic E-state index is 13.0. The summed E-state index contributed by atoms with van der Waals surface area (Å²) in [6.07, 6.45) is 3.19. The molecule has 0 aromatic carbocycles. The Morgan fingerprint density at radius 1 is 1.12 bits per heavy atom. The minimum Gasteiger partial charge on any atom is -0.449 e. The molecule has 24 heavy (non-hydrogen) atoms. The van der Waals surface area contributed by atoms with Gasteiger partial charge in [0.2, 0.25) is 5.91 Å². The van der Waals surface area contributed by atoms with Crippen LogP contribution in [0.4, 0.5) is 4.79 Å². The molecule has 2 aliphatic heterocycles. The van der Waals surface area contributed by atoms with E-state index < -0.39 is 5.41 Å². The van der Waals surface area contributed by atoms with Gasteiger partial charge in [0.05, 0.1) is 18.8 Å². The van der Waals surface area contributed by atoms with Crippen molar-refractivity contribution >= 4 is 12.0 Å². The van der Waals surface area contributed by atoms with E-state index in [9.17, 15) is 9.59 Å². The third-order valence-corrected chi connectivity index (χ3v) is 5.07. The summed E-state index contributed by atoms with van der Waals surface area (Å²) in [5, 5.41) is 0. The lowest BCUT2D eigenvalue weighted by molar-refractivity contribution is -0.155. The summed E-state index contributed by atoms with van der Waals surface area (Å²) < 4.78 is 11.0. The van der Waals surface area contributed by atoms with Crippen LogP contribution in [0.3, 0.4) is 0 Å². The number of hydrogen-bond acceptors (Lipinski definition) is 4. The molecule has 0 aromatic rings. The molecule has 2 rings (SSSR count). The fourth-order valence-corrected chi connectivity index (χ4v) is 3.52. The Morgan fingerprint density at radius 3 is 2.25 bits per heavy atom. The van der Waals surface area contributed by atoms with Gasteiger partial charge in [-0.15, -0.1) is 0 Å². The summed E-state index contributed by atoms with van der Waals surface area (Å²) in [6, 6.07) is 0. The molecule has 0 spiro atoms. The Morgan fingerprint density at radius 2 is 1.71 bits per heavy atom. The first-order valence-electron chi connectivity index (χ1n) is 9.22. The minimum absolute atomic E-state index is 0.0786. The van der Waals surface area contributed by atoms with Gasteiger partial charge in [0.15, 0.2) is 0 Å². The van der Waals surface area contributed by atoms with Crippen molar-refractivity contribution in [3.05, 3.63) is 0 Å². The molecule has 2 fully saturated rings. The van der Waals surface area contributed by atoms with E-state index in [1.54, 1.807) is 4.90 Å². The molecule has 6 nitrogen and oxygen atoms in total. The Balaban J connectivity index is 1.87. The Labute approximate surface area is 145 Å². The molecule has 0 N–H and O–H groups in total. The highest BCUT2D eigenvalue weighted by Crippen LogP contribution is 2.34. The van der Waals surface area contributed by atoms with Crippen LogP contribution in [0, 0.1) is 5.41 Å². The normalized spacial score (nSPS) is 27.0. The van der Waals surface area contributed by atoms with E-state index in [1.165, 1.54) is 0 Å². The molecule has 6 heteroatoms. The van der Waals surface area contributed by atoms with Gasteiger partial charge in [-0.25, -0.2) is 4.79 Å². The van der Waals surface area contributed by atoms with E-state index in [2.05, 4.69) is 6.92 Å². The molecule has 2 saturated heterocycles. The fourth-order valence-electron chi connectivity index (χ4n) is 3.52. The Bertz CT molecular complexity index is 436. The largest absolute Gasteiger partial charge is 0.449 e. The highest BCUT2D eigenvalue weighted by Gasteiger charge is 2.42. The second-order valence-electron chi connectivity index (χ2n) is 7.48. The van der Waals surface area contributed by atoms with Gasteiger partial charge in [-0.3, -0.25) is 4.79 Å². The van der Waals surface area contributed by atoms with Gasteiger partial charge in [-0.05, 0) is 33.1 Å². The van der Waals surface area contributed by atoms with E-state index in [-0.39, 0.29) is 24.2 Å². The molecule has 0 aliphatic carbocycles. The van der Waals surface area contributed by atoms with Crippen LogP contribution in [0.15, 0.2) is 0 Å². The van der Waals surface area contributed by atoms with Crippen LogP contribution < -0.4 is 0 Å². The van der Waals surface area contributed by atoms with Crippen molar-refractivity contribution in [2.75, 3.05) is 32.8 Å². The first-order chi connectivity index (χ1) is 11.4. The van der Waals surface area contributed by atoms with E-state index >= 15 is 0 Å². The number of carbonyl (C=O) groups is 2. The lowest BCUT2D eigenvalue weighted by Crippen LogP contribution is -2.55. The molecular formula is C18H32N2O4. The molecule has 138 valence electrons. The number of likely N-dealkylation sites (tertiary alicyclic amines) is 1. The topological polar surface area (TPSA) is 59.1 Å². The predicted molar refractivity (Wildman–Crippen MR) is 91.8 cm³/mol. The fraction of sp³-hybridized carbons (Fsp3) is 0.889. The van der Waals surface area contributed by atoms with Crippen LogP contribution in [0.2, 0.25) is 0 Å². The molecule has 0 aromatic heterocycles. The lowest BCUT2D eigenvalue weighted by Gasteiger charge is -2.43. The first kappa shape index (κ1) is 19.0. The van der Waals surface area contributed by atoms with Crippen LogP contribution in [-0.2, 0) is 14.3 Å². The highest BCUT2D eigenvalue weighted by atomic mass is 16.6. The molecule has 0 saturated carbocycles. The zero-order valence-electron chi connectivity index (χ0n) is 15.5. The van der Waals surface area contributed by atoms with Crippen molar-refractivity contribution in [1.82, 2.24) is 9.80 Å². The van der Waals surface area contributed by atoms with Crippen LogP contribution in [0.5, 0.6) is 0 Å². The number of carbonyl (C=O) groups excluding carboxylic acids is 2. The van der Waals surface area contributed by atoms with Gasteiger partial charge < -0.3 is 19.3 Å². The number of ether oxygens (including phenoxy) is 2. The maximum absolute atomic E-state index is 13.0. The second kappa shape index (κ2) is 8.19. The molecule has 2 aliphatic rings. The van der Waals surface area contributed by atoms with Gasteiger partial charge in [0, 0.05) is 31.6 Å².